The van der Waals surface area contributed by atoms with Gasteiger partial charge in [-0.15, -0.1) is 0 Å². The van der Waals surface area contributed by atoms with E-state index in [1.807, 2.05) is 19.2 Å². The van der Waals surface area contributed by atoms with E-state index in [1.54, 1.807) is 36.4 Å². The van der Waals surface area contributed by atoms with Gasteiger partial charge in [0.2, 0.25) is 12.0 Å². The Morgan fingerprint density at radius 2 is 1.95 bits per heavy atom. The fraction of sp³-hybridized carbons (Fsp3) is 0.469. The molecule has 228 valence electrons. The third-order valence-electron chi connectivity index (χ3n) is 9.42. The number of hydrogen-bond donors (Lipinski definition) is 4. The number of likely N-dealkylation sites (N-methyl/N-ethyl adjacent to an activating group) is 1. The van der Waals surface area contributed by atoms with Crippen molar-refractivity contribution in [3.8, 4) is 5.75 Å². The predicted octanol–water partition coefficient (Wildman–Crippen LogP) is 1.17. The molecule has 0 saturated carbocycles. The lowest BCUT2D eigenvalue weighted by Crippen LogP contribution is -2.74. The van der Waals surface area contributed by atoms with Gasteiger partial charge in [0, 0.05) is 35.7 Å². The standard InChI is InChI=1S/C32H36N2O9/c1-18(36)29(38)33-14-11-24(37)42-27(19-6-4-3-5-7-19)30(39)41-22-10-12-32(40)23-16-20-8-9-21(17-35)26-25(20)31(32,28(22)43-26)13-15-34(23)2/h3-10,18,23,27-28,35-36,40H,11-17H2,1-2H3,(H,33,38)/t18-,23+,27-,28-,31-,32+/m0/s1. The van der Waals surface area contributed by atoms with Crippen LogP contribution in [-0.4, -0.2) is 82.1 Å². The second kappa shape index (κ2) is 11.1. The number of nitrogens with zero attached hydrogens (tertiary/aromatic N) is 1. The first-order valence-corrected chi connectivity index (χ1v) is 14.6. The zero-order valence-electron chi connectivity index (χ0n) is 24.1. The second-order valence-electron chi connectivity index (χ2n) is 11.8. The lowest BCUT2D eigenvalue weighted by Gasteiger charge is -2.61. The molecule has 6 rings (SSSR count). The van der Waals surface area contributed by atoms with E-state index in [9.17, 15) is 29.7 Å². The van der Waals surface area contributed by atoms with Crippen molar-refractivity contribution in [2.45, 2.75) is 74.6 Å². The van der Waals surface area contributed by atoms with Gasteiger partial charge in [0.25, 0.3) is 0 Å². The molecular formula is C32H36N2O9. The van der Waals surface area contributed by atoms with Crippen molar-refractivity contribution >= 4 is 17.8 Å². The topological polar surface area (TPSA) is 155 Å². The van der Waals surface area contributed by atoms with Crippen LogP contribution < -0.4 is 10.1 Å². The third kappa shape index (κ3) is 4.62. The molecule has 2 aromatic carbocycles. The van der Waals surface area contributed by atoms with Crippen LogP contribution in [0.5, 0.6) is 5.75 Å². The largest absolute Gasteiger partial charge is 0.481 e. The zero-order chi connectivity index (χ0) is 30.5. The molecule has 2 aliphatic heterocycles. The highest BCUT2D eigenvalue weighted by atomic mass is 16.6. The van der Waals surface area contributed by atoms with Gasteiger partial charge in [-0.2, -0.15) is 0 Å². The van der Waals surface area contributed by atoms with Crippen molar-refractivity contribution in [2.75, 3.05) is 20.1 Å². The highest BCUT2D eigenvalue weighted by Crippen LogP contribution is 2.64. The maximum Gasteiger partial charge on any atom is 0.357 e. The van der Waals surface area contributed by atoms with Gasteiger partial charge in [0.05, 0.1) is 24.0 Å². The van der Waals surface area contributed by atoms with Gasteiger partial charge in [-0.3, -0.25) is 9.59 Å². The zero-order valence-corrected chi connectivity index (χ0v) is 24.1. The summed E-state index contributed by atoms with van der Waals surface area (Å²) >= 11 is 0. The summed E-state index contributed by atoms with van der Waals surface area (Å²) in [7, 11) is 2.00. The van der Waals surface area contributed by atoms with Crippen LogP contribution in [-0.2, 0) is 42.3 Å². The number of carbonyl (C=O) groups is 3. The minimum Gasteiger partial charge on any atom is -0.481 e. The Labute approximate surface area is 249 Å². The van der Waals surface area contributed by atoms with Crippen LogP contribution in [0.25, 0.3) is 0 Å². The van der Waals surface area contributed by atoms with Gasteiger partial charge >= 0.3 is 11.9 Å². The van der Waals surface area contributed by atoms with E-state index >= 15 is 0 Å². The lowest BCUT2D eigenvalue weighted by atomic mass is 9.50. The number of nitrogens with one attached hydrogen (secondary N) is 1. The molecule has 0 aromatic heterocycles. The van der Waals surface area contributed by atoms with E-state index in [4.69, 9.17) is 14.2 Å². The summed E-state index contributed by atoms with van der Waals surface area (Å²) in [6, 6.07) is 12.1. The Kier molecular flexibility index (Phi) is 7.54. The summed E-state index contributed by atoms with van der Waals surface area (Å²) in [6.45, 7) is 1.69. The Bertz CT molecular complexity index is 1470. The predicted molar refractivity (Wildman–Crippen MR) is 152 cm³/mol. The molecule has 4 aliphatic rings. The first-order chi connectivity index (χ1) is 20.6. The third-order valence-corrected chi connectivity index (χ3v) is 9.42. The summed E-state index contributed by atoms with van der Waals surface area (Å²) in [4.78, 5) is 40.3. The number of likely N-dealkylation sites (tertiary alicyclic amines) is 1. The van der Waals surface area contributed by atoms with Crippen LogP contribution in [0.3, 0.4) is 0 Å². The molecule has 11 heteroatoms. The Hall–Kier alpha value is -3.77. The van der Waals surface area contributed by atoms with Crippen LogP contribution in [0.15, 0.2) is 54.3 Å². The summed E-state index contributed by atoms with van der Waals surface area (Å²) in [5.41, 5.74) is 0.854. The van der Waals surface area contributed by atoms with E-state index in [-0.39, 0.29) is 37.8 Å². The molecule has 1 amide bonds. The molecule has 6 atom stereocenters. The van der Waals surface area contributed by atoms with E-state index in [0.717, 1.165) is 11.1 Å². The van der Waals surface area contributed by atoms with Gasteiger partial charge in [-0.1, -0.05) is 42.5 Å². The number of carbonyl (C=O) groups excluding carboxylic acids is 3. The summed E-state index contributed by atoms with van der Waals surface area (Å²) < 4.78 is 18.1. The van der Waals surface area contributed by atoms with Crippen LogP contribution in [0.4, 0.5) is 0 Å². The van der Waals surface area contributed by atoms with Crippen molar-refractivity contribution in [3.63, 3.8) is 0 Å². The Morgan fingerprint density at radius 3 is 2.67 bits per heavy atom. The number of rotatable bonds is 9. The monoisotopic (exact) mass is 592 g/mol. The number of ether oxygens (including phenoxy) is 3. The first-order valence-electron chi connectivity index (χ1n) is 14.6. The number of benzene rings is 2. The highest BCUT2D eigenvalue weighted by Gasteiger charge is 2.72. The van der Waals surface area contributed by atoms with Gasteiger partial charge in [-0.05, 0) is 45.0 Å². The Morgan fingerprint density at radius 1 is 1.19 bits per heavy atom. The number of hydrogen-bond acceptors (Lipinski definition) is 10. The molecule has 2 heterocycles. The molecule has 4 N–H and O–H groups in total. The average molecular weight is 593 g/mol. The highest BCUT2D eigenvalue weighted by molar-refractivity contribution is 5.83. The smallest absolute Gasteiger partial charge is 0.357 e. The summed E-state index contributed by atoms with van der Waals surface area (Å²) in [6.07, 6.45) is -0.562. The first kappa shape index (κ1) is 29.3. The minimum atomic E-state index is -1.40. The molecule has 2 aromatic rings. The van der Waals surface area contributed by atoms with Crippen LogP contribution in [0.2, 0.25) is 0 Å². The molecule has 2 bridgehead atoms. The second-order valence-corrected chi connectivity index (χ2v) is 11.8. The van der Waals surface area contributed by atoms with Crippen molar-refractivity contribution in [2.24, 2.45) is 0 Å². The fourth-order valence-corrected chi connectivity index (χ4v) is 7.31. The van der Waals surface area contributed by atoms with E-state index in [0.29, 0.717) is 36.3 Å². The Balaban J connectivity index is 1.29. The van der Waals surface area contributed by atoms with E-state index < -0.39 is 47.2 Å². The molecular weight excluding hydrogens is 556 g/mol. The number of esters is 2. The van der Waals surface area contributed by atoms with Crippen LogP contribution in [0.1, 0.15) is 54.5 Å². The SMILES string of the molecule is C[C@H](O)C(=O)NCCC(=O)O[C@H](C(=O)OC1=CC[C@@]2(O)[C@H]3Cc4ccc(CO)c5c4[C@@]2(CCN3C)[C@H]1O5)c1ccccc1. The van der Waals surface area contributed by atoms with Crippen LogP contribution in [0, 0.1) is 0 Å². The van der Waals surface area contributed by atoms with Gasteiger partial charge in [-0.25, -0.2) is 4.79 Å². The average Bonchev–Trinajstić information content (AvgIpc) is 3.35. The molecule has 1 saturated heterocycles. The molecule has 0 unspecified atom stereocenters. The maximum atomic E-state index is 13.8. The summed E-state index contributed by atoms with van der Waals surface area (Å²) in [5.74, 6) is -1.44. The van der Waals surface area contributed by atoms with Crippen molar-refractivity contribution in [1.82, 2.24) is 10.2 Å². The summed E-state index contributed by atoms with van der Waals surface area (Å²) in [5, 5.41) is 34.3. The van der Waals surface area contributed by atoms with Crippen molar-refractivity contribution < 1.29 is 43.9 Å². The molecule has 2 aliphatic carbocycles. The maximum absolute atomic E-state index is 13.8. The molecule has 1 spiro atoms. The molecule has 1 fully saturated rings. The molecule has 11 nitrogen and oxygen atoms in total. The number of piperidine rings is 1. The number of aliphatic hydroxyl groups is 3. The van der Waals surface area contributed by atoms with E-state index in [2.05, 4.69) is 10.2 Å². The fourth-order valence-electron chi connectivity index (χ4n) is 7.31. The number of amides is 1. The van der Waals surface area contributed by atoms with Gasteiger partial charge in [0.1, 0.15) is 17.6 Å². The normalized spacial score (nSPS) is 28.1. The molecule has 0 radical (unpaired) electrons. The quantitative estimate of drug-likeness (QED) is 0.312. The van der Waals surface area contributed by atoms with Crippen molar-refractivity contribution in [1.29, 1.82) is 0 Å². The van der Waals surface area contributed by atoms with Gasteiger partial charge in [0.15, 0.2) is 6.10 Å². The molecule has 43 heavy (non-hydrogen) atoms. The van der Waals surface area contributed by atoms with E-state index in [1.165, 1.54) is 6.92 Å². The lowest BCUT2D eigenvalue weighted by molar-refractivity contribution is -0.176. The number of aliphatic hydroxyl groups excluding tert-OH is 2. The van der Waals surface area contributed by atoms with Gasteiger partial charge < -0.3 is 39.7 Å². The van der Waals surface area contributed by atoms with Crippen molar-refractivity contribution in [3.05, 3.63) is 76.6 Å². The van der Waals surface area contributed by atoms with Crippen LogP contribution >= 0.6 is 0 Å². The minimum absolute atomic E-state index is 0.0787.